The van der Waals surface area contributed by atoms with E-state index in [4.69, 9.17) is 0 Å². The predicted octanol–water partition coefficient (Wildman–Crippen LogP) is 1.12. The van der Waals surface area contributed by atoms with Crippen LogP contribution in [0.5, 0.6) is 0 Å². The van der Waals surface area contributed by atoms with E-state index in [0.717, 1.165) is 18.5 Å². The van der Waals surface area contributed by atoms with E-state index < -0.39 is 0 Å². The molecule has 1 N–H and O–H groups in total. The van der Waals surface area contributed by atoms with Gasteiger partial charge in [0.05, 0.1) is 24.3 Å². The first kappa shape index (κ1) is 14.6. The molecule has 0 aromatic carbocycles. The molecule has 1 aromatic rings. The van der Waals surface area contributed by atoms with Gasteiger partial charge in [-0.3, -0.25) is 14.3 Å². The Morgan fingerprint density at radius 1 is 1.45 bits per heavy atom. The van der Waals surface area contributed by atoms with Crippen LogP contribution in [-0.4, -0.2) is 46.1 Å². The molecule has 1 aromatic heterocycles. The summed E-state index contributed by atoms with van der Waals surface area (Å²) in [6, 6.07) is 0.321. The molecule has 1 fully saturated rings. The SMILES string of the molecule is CCC(CC)n1ncc(C(=O)N2CCNC(=O)C2)c1C. The number of nitrogens with zero attached hydrogens (tertiary/aromatic N) is 3. The standard InChI is InChI=1S/C14H22N4O2/c1-4-11(5-2)18-10(3)12(8-16-18)14(20)17-7-6-15-13(19)9-17/h8,11H,4-7,9H2,1-3H3,(H,15,19). The van der Waals surface area contributed by atoms with Gasteiger partial charge in [-0.2, -0.15) is 5.10 Å². The largest absolute Gasteiger partial charge is 0.353 e. The van der Waals surface area contributed by atoms with Gasteiger partial charge < -0.3 is 10.2 Å². The van der Waals surface area contributed by atoms with E-state index in [0.29, 0.717) is 24.7 Å². The lowest BCUT2D eigenvalue weighted by molar-refractivity contribution is -0.123. The van der Waals surface area contributed by atoms with Crippen molar-refractivity contribution in [2.24, 2.45) is 0 Å². The van der Waals surface area contributed by atoms with Crippen LogP contribution in [0.1, 0.15) is 48.8 Å². The van der Waals surface area contributed by atoms with Crippen LogP contribution in [0, 0.1) is 6.92 Å². The lowest BCUT2D eigenvalue weighted by Gasteiger charge is -2.26. The zero-order chi connectivity index (χ0) is 14.7. The number of aromatic nitrogens is 2. The third-order valence-corrected chi connectivity index (χ3v) is 3.89. The number of carbonyl (C=O) groups is 2. The minimum absolute atomic E-state index is 0.102. The first-order valence-electron chi connectivity index (χ1n) is 7.18. The molecule has 0 aliphatic carbocycles. The van der Waals surface area contributed by atoms with Crippen molar-refractivity contribution in [2.75, 3.05) is 19.6 Å². The number of nitrogens with one attached hydrogen (secondary N) is 1. The molecule has 20 heavy (non-hydrogen) atoms. The van der Waals surface area contributed by atoms with Gasteiger partial charge in [-0.1, -0.05) is 13.8 Å². The normalized spacial score (nSPS) is 15.6. The second-order valence-corrected chi connectivity index (χ2v) is 5.14. The fourth-order valence-corrected chi connectivity index (χ4v) is 2.62. The molecule has 0 spiro atoms. The molecule has 2 amide bonds. The van der Waals surface area contributed by atoms with Crippen LogP contribution in [0.3, 0.4) is 0 Å². The number of piperazine rings is 1. The van der Waals surface area contributed by atoms with Gasteiger partial charge in [0.2, 0.25) is 5.91 Å². The number of carbonyl (C=O) groups excluding carboxylic acids is 2. The van der Waals surface area contributed by atoms with E-state index in [1.807, 2.05) is 11.6 Å². The number of amides is 2. The lowest BCUT2D eigenvalue weighted by Crippen LogP contribution is -2.50. The number of rotatable bonds is 4. The van der Waals surface area contributed by atoms with Gasteiger partial charge in [0.25, 0.3) is 5.91 Å². The van der Waals surface area contributed by atoms with Gasteiger partial charge in [0.15, 0.2) is 0 Å². The van der Waals surface area contributed by atoms with E-state index >= 15 is 0 Å². The predicted molar refractivity (Wildman–Crippen MR) is 75.5 cm³/mol. The summed E-state index contributed by atoms with van der Waals surface area (Å²) in [5.41, 5.74) is 1.49. The topological polar surface area (TPSA) is 67.2 Å². The second kappa shape index (κ2) is 6.07. The third-order valence-electron chi connectivity index (χ3n) is 3.89. The van der Waals surface area contributed by atoms with E-state index in [-0.39, 0.29) is 18.4 Å². The maximum atomic E-state index is 12.5. The smallest absolute Gasteiger partial charge is 0.257 e. The molecule has 2 rings (SSSR count). The van der Waals surface area contributed by atoms with Crippen LogP contribution in [0.15, 0.2) is 6.20 Å². The minimum atomic E-state index is -0.102. The maximum absolute atomic E-state index is 12.5. The van der Waals surface area contributed by atoms with Crippen molar-refractivity contribution < 1.29 is 9.59 Å². The van der Waals surface area contributed by atoms with Crippen LogP contribution < -0.4 is 5.32 Å². The Labute approximate surface area is 119 Å². The van der Waals surface area contributed by atoms with E-state index in [1.54, 1.807) is 11.1 Å². The quantitative estimate of drug-likeness (QED) is 0.897. The molecule has 2 heterocycles. The molecular weight excluding hydrogens is 256 g/mol. The Morgan fingerprint density at radius 2 is 2.15 bits per heavy atom. The van der Waals surface area contributed by atoms with Crippen molar-refractivity contribution in [1.29, 1.82) is 0 Å². The number of hydrogen-bond acceptors (Lipinski definition) is 3. The third kappa shape index (κ3) is 2.69. The van der Waals surface area contributed by atoms with E-state index in [2.05, 4.69) is 24.3 Å². The van der Waals surface area contributed by atoms with Crippen LogP contribution in [0.4, 0.5) is 0 Å². The fraction of sp³-hybridized carbons (Fsp3) is 0.643. The number of hydrogen-bond donors (Lipinski definition) is 1. The highest BCUT2D eigenvalue weighted by Crippen LogP contribution is 2.20. The van der Waals surface area contributed by atoms with Gasteiger partial charge in [-0.05, 0) is 19.8 Å². The average Bonchev–Trinajstić information content (AvgIpc) is 2.82. The summed E-state index contributed by atoms with van der Waals surface area (Å²) < 4.78 is 1.93. The van der Waals surface area contributed by atoms with E-state index in [1.165, 1.54) is 0 Å². The van der Waals surface area contributed by atoms with Gasteiger partial charge in [0.1, 0.15) is 0 Å². The van der Waals surface area contributed by atoms with Crippen LogP contribution in [0.25, 0.3) is 0 Å². The first-order valence-corrected chi connectivity index (χ1v) is 7.18. The summed E-state index contributed by atoms with van der Waals surface area (Å²) in [5, 5.41) is 7.08. The Morgan fingerprint density at radius 3 is 2.75 bits per heavy atom. The second-order valence-electron chi connectivity index (χ2n) is 5.14. The van der Waals surface area contributed by atoms with Gasteiger partial charge in [0, 0.05) is 18.8 Å². The summed E-state index contributed by atoms with van der Waals surface area (Å²) >= 11 is 0. The Kier molecular flexibility index (Phi) is 4.42. The van der Waals surface area contributed by atoms with Crippen molar-refractivity contribution in [1.82, 2.24) is 20.0 Å². The summed E-state index contributed by atoms with van der Waals surface area (Å²) in [5.74, 6) is -0.204. The zero-order valence-electron chi connectivity index (χ0n) is 12.3. The molecule has 0 atom stereocenters. The summed E-state index contributed by atoms with van der Waals surface area (Å²) in [6.45, 7) is 7.36. The Hall–Kier alpha value is -1.85. The molecule has 0 radical (unpaired) electrons. The van der Waals surface area contributed by atoms with Crippen LogP contribution in [-0.2, 0) is 4.79 Å². The molecular formula is C14H22N4O2. The highest BCUT2D eigenvalue weighted by atomic mass is 16.2. The first-order chi connectivity index (χ1) is 9.58. The maximum Gasteiger partial charge on any atom is 0.257 e. The monoisotopic (exact) mass is 278 g/mol. The Bertz CT molecular complexity index is 505. The van der Waals surface area contributed by atoms with Gasteiger partial charge >= 0.3 is 0 Å². The minimum Gasteiger partial charge on any atom is -0.353 e. The lowest BCUT2D eigenvalue weighted by atomic mass is 10.1. The Balaban J connectivity index is 2.20. The van der Waals surface area contributed by atoms with E-state index in [9.17, 15) is 9.59 Å². The average molecular weight is 278 g/mol. The highest BCUT2D eigenvalue weighted by molar-refractivity contribution is 5.97. The highest BCUT2D eigenvalue weighted by Gasteiger charge is 2.26. The van der Waals surface area contributed by atoms with Crippen molar-refractivity contribution in [3.05, 3.63) is 17.5 Å². The molecule has 6 heteroatoms. The molecule has 110 valence electrons. The molecule has 0 unspecified atom stereocenters. The van der Waals surface area contributed by atoms with Gasteiger partial charge in [-0.15, -0.1) is 0 Å². The van der Waals surface area contributed by atoms with Crippen molar-refractivity contribution >= 4 is 11.8 Å². The van der Waals surface area contributed by atoms with Gasteiger partial charge in [-0.25, -0.2) is 0 Å². The molecule has 0 bridgehead atoms. The van der Waals surface area contributed by atoms with Crippen LogP contribution >= 0.6 is 0 Å². The summed E-state index contributed by atoms with van der Waals surface area (Å²) in [7, 11) is 0. The molecule has 0 saturated carbocycles. The molecule has 1 aliphatic rings. The van der Waals surface area contributed by atoms with Crippen molar-refractivity contribution in [2.45, 2.75) is 39.7 Å². The summed E-state index contributed by atoms with van der Waals surface area (Å²) in [6.07, 6.45) is 3.60. The molecule has 1 aliphatic heterocycles. The summed E-state index contributed by atoms with van der Waals surface area (Å²) in [4.78, 5) is 25.4. The zero-order valence-corrected chi connectivity index (χ0v) is 12.3. The molecule has 6 nitrogen and oxygen atoms in total. The van der Waals surface area contributed by atoms with Crippen molar-refractivity contribution in [3.8, 4) is 0 Å². The fourth-order valence-electron chi connectivity index (χ4n) is 2.62. The molecule has 1 saturated heterocycles. The van der Waals surface area contributed by atoms with Crippen molar-refractivity contribution in [3.63, 3.8) is 0 Å². The van der Waals surface area contributed by atoms with Crippen LogP contribution in [0.2, 0.25) is 0 Å².